The minimum atomic E-state index is -0.0785. The molecule has 104 valence electrons. The maximum Gasteiger partial charge on any atom is 0.251 e. The Morgan fingerprint density at radius 1 is 1.32 bits per heavy atom. The molecule has 1 aliphatic rings. The van der Waals surface area contributed by atoms with Crippen LogP contribution in [0.5, 0.6) is 0 Å². The average Bonchev–Trinajstić information content (AvgIpc) is 2.38. The van der Waals surface area contributed by atoms with Crippen molar-refractivity contribution < 1.29 is 4.79 Å². The van der Waals surface area contributed by atoms with Gasteiger partial charge in [-0.15, -0.1) is 11.6 Å². The van der Waals surface area contributed by atoms with Gasteiger partial charge in [0.1, 0.15) is 0 Å². The molecule has 0 bridgehead atoms. The van der Waals surface area contributed by atoms with Crippen molar-refractivity contribution in [2.75, 3.05) is 5.88 Å². The van der Waals surface area contributed by atoms with Gasteiger partial charge in [-0.25, -0.2) is 0 Å². The molecule has 1 aromatic rings. The van der Waals surface area contributed by atoms with Crippen LogP contribution in [0.4, 0.5) is 0 Å². The maximum atomic E-state index is 12.2. The SMILES string of the molecule is O=C(NC1CCCCC1CCl)c1cc(Cl)cc(Br)c1. The first-order valence-electron chi connectivity index (χ1n) is 6.43. The van der Waals surface area contributed by atoms with Crippen LogP contribution in [0.15, 0.2) is 22.7 Å². The topological polar surface area (TPSA) is 29.1 Å². The first-order valence-corrected chi connectivity index (χ1v) is 8.13. The second-order valence-corrected chi connectivity index (χ2v) is 6.60. The lowest BCUT2D eigenvalue weighted by Crippen LogP contribution is -2.42. The lowest BCUT2D eigenvalue weighted by Gasteiger charge is -2.30. The van der Waals surface area contributed by atoms with Gasteiger partial charge in [0.2, 0.25) is 0 Å². The molecule has 1 saturated carbocycles. The second kappa shape index (κ2) is 6.96. The van der Waals surface area contributed by atoms with Crippen LogP contribution in [0.2, 0.25) is 5.02 Å². The first-order chi connectivity index (χ1) is 9.10. The molecule has 2 atom stereocenters. The minimum absolute atomic E-state index is 0.0785. The summed E-state index contributed by atoms with van der Waals surface area (Å²) < 4.78 is 0.808. The van der Waals surface area contributed by atoms with E-state index < -0.39 is 0 Å². The fourth-order valence-corrected chi connectivity index (χ4v) is 3.75. The monoisotopic (exact) mass is 363 g/mol. The van der Waals surface area contributed by atoms with E-state index in [2.05, 4.69) is 21.2 Å². The molecule has 5 heteroatoms. The number of nitrogens with one attached hydrogen (secondary N) is 1. The van der Waals surface area contributed by atoms with Crippen LogP contribution in [0, 0.1) is 5.92 Å². The summed E-state index contributed by atoms with van der Waals surface area (Å²) in [6.45, 7) is 0. The van der Waals surface area contributed by atoms with Gasteiger partial charge in [-0.3, -0.25) is 4.79 Å². The molecule has 1 aromatic carbocycles. The Morgan fingerprint density at radius 3 is 2.74 bits per heavy atom. The molecule has 2 nitrogen and oxygen atoms in total. The Balaban J connectivity index is 2.07. The molecule has 1 fully saturated rings. The van der Waals surface area contributed by atoms with E-state index in [4.69, 9.17) is 23.2 Å². The molecule has 0 saturated heterocycles. The fourth-order valence-electron chi connectivity index (χ4n) is 2.52. The van der Waals surface area contributed by atoms with E-state index in [1.54, 1.807) is 18.2 Å². The number of halogens is 3. The summed E-state index contributed by atoms with van der Waals surface area (Å²) in [5.41, 5.74) is 0.582. The highest BCUT2D eigenvalue weighted by Crippen LogP contribution is 2.26. The molecule has 2 unspecified atom stereocenters. The van der Waals surface area contributed by atoms with Gasteiger partial charge in [0.25, 0.3) is 5.91 Å². The Bertz CT molecular complexity index is 447. The highest BCUT2D eigenvalue weighted by atomic mass is 79.9. The molecule has 19 heavy (non-hydrogen) atoms. The summed E-state index contributed by atoms with van der Waals surface area (Å²) in [5, 5.41) is 3.64. The lowest BCUT2D eigenvalue weighted by atomic mass is 9.85. The zero-order valence-electron chi connectivity index (χ0n) is 10.5. The molecule has 0 aliphatic heterocycles. The van der Waals surface area contributed by atoms with Gasteiger partial charge in [-0.2, -0.15) is 0 Å². The van der Waals surface area contributed by atoms with Crippen molar-refractivity contribution in [3.05, 3.63) is 33.3 Å². The molecule has 1 aliphatic carbocycles. The van der Waals surface area contributed by atoms with Crippen LogP contribution >= 0.6 is 39.1 Å². The number of rotatable bonds is 3. The second-order valence-electron chi connectivity index (χ2n) is 4.94. The van der Waals surface area contributed by atoms with Crippen LogP contribution in [0.1, 0.15) is 36.0 Å². The van der Waals surface area contributed by atoms with Crippen molar-refractivity contribution >= 4 is 45.0 Å². The number of amides is 1. The van der Waals surface area contributed by atoms with Crippen LogP contribution < -0.4 is 5.32 Å². The van der Waals surface area contributed by atoms with Crippen LogP contribution in [0.25, 0.3) is 0 Å². The molecule has 0 spiro atoms. The number of hydrogen-bond donors (Lipinski definition) is 1. The van der Waals surface area contributed by atoms with E-state index in [1.807, 2.05) is 0 Å². The standard InChI is InChI=1S/C14H16BrCl2NO/c15-11-5-10(6-12(17)7-11)14(19)18-13-4-2-1-3-9(13)8-16/h5-7,9,13H,1-4,8H2,(H,18,19). The predicted molar refractivity (Wildman–Crippen MR) is 83.1 cm³/mol. The summed E-state index contributed by atoms with van der Waals surface area (Å²) in [6, 6.07) is 5.40. The molecule has 0 aromatic heterocycles. The zero-order valence-corrected chi connectivity index (χ0v) is 13.6. The summed E-state index contributed by atoms with van der Waals surface area (Å²) in [5.74, 6) is 0.900. The number of alkyl halides is 1. The summed E-state index contributed by atoms with van der Waals surface area (Å²) in [6.07, 6.45) is 4.45. The third-order valence-electron chi connectivity index (χ3n) is 3.55. The van der Waals surface area contributed by atoms with Crippen molar-refractivity contribution in [1.82, 2.24) is 5.32 Å². The maximum absolute atomic E-state index is 12.2. The van der Waals surface area contributed by atoms with Gasteiger partial charge in [0.15, 0.2) is 0 Å². The number of carbonyl (C=O) groups excluding carboxylic acids is 1. The molecular weight excluding hydrogens is 349 g/mol. The Labute approximate surface area is 132 Å². The van der Waals surface area contributed by atoms with E-state index >= 15 is 0 Å². The van der Waals surface area contributed by atoms with E-state index in [0.29, 0.717) is 22.4 Å². The van der Waals surface area contributed by atoms with Crippen LogP contribution in [-0.4, -0.2) is 17.8 Å². The van der Waals surface area contributed by atoms with E-state index in [0.717, 1.165) is 23.7 Å². The van der Waals surface area contributed by atoms with Crippen molar-refractivity contribution in [3.8, 4) is 0 Å². The Morgan fingerprint density at radius 2 is 2.05 bits per heavy atom. The summed E-state index contributed by atoms with van der Waals surface area (Å²) in [4.78, 5) is 12.2. The lowest BCUT2D eigenvalue weighted by molar-refractivity contribution is 0.0911. The third kappa shape index (κ3) is 4.11. The highest BCUT2D eigenvalue weighted by Gasteiger charge is 2.26. The molecule has 1 N–H and O–H groups in total. The summed E-state index contributed by atoms with van der Waals surface area (Å²) >= 11 is 15.3. The number of hydrogen-bond acceptors (Lipinski definition) is 1. The van der Waals surface area contributed by atoms with Crippen LogP contribution in [-0.2, 0) is 0 Å². The minimum Gasteiger partial charge on any atom is -0.349 e. The van der Waals surface area contributed by atoms with Crippen molar-refractivity contribution in [1.29, 1.82) is 0 Å². The number of benzene rings is 1. The number of carbonyl (C=O) groups is 1. The molecule has 0 radical (unpaired) electrons. The van der Waals surface area contributed by atoms with E-state index in [1.165, 1.54) is 6.42 Å². The fraction of sp³-hybridized carbons (Fsp3) is 0.500. The van der Waals surface area contributed by atoms with Crippen LogP contribution in [0.3, 0.4) is 0 Å². The highest BCUT2D eigenvalue weighted by molar-refractivity contribution is 9.10. The van der Waals surface area contributed by atoms with Gasteiger partial charge in [-0.1, -0.05) is 40.4 Å². The zero-order chi connectivity index (χ0) is 13.8. The van der Waals surface area contributed by atoms with Crippen molar-refractivity contribution in [2.24, 2.45) is 5.92 Å². The predicted octanol–water partition coefficient (Wildman–Crippen LogP) is 4.63. The molecule has 0 heterocycles. The smallest absolute Gasteiger partial charge is 0.251 e. The van der Waals surface area contributed by atoms with Crippen molar-refractivity contribution in [2.45, 2.75) is 31.7 Å². The third-order valence-corrected chi connectivity index (χ3v) is 4.62. The molecule has 1 amide bonds. The quantitative estimate of drug-likeness (QED) is 0.778. The van der Waals surface area contributed by atoms with Gasteiger partial charge in [0, 0.05) is 27.0 Å². The van der Waals surface area contributed by atoms with Gasteiger partial charge < -0.3 is 5.32 Å². The average molecular weight is 365 g/mol. The Hall–Kier alpha value is -0.250. The first kappa shape index (κ1) is 15.1. The molecule has 2 rings (SSSR count). The normalized spacial score (nSPS) is 23.1. The van der Waals surface area contributed by atoms with E-state index in [9.17, 15) is 4.79 Å². The largest absolute Gasteiger partial charge is 0.349 e. The Kier molecular flexibility index (Phi) is 5.55. The molecular formula is C14H16BrCl2NO. The van der Waals surface area contributed by atoms with Gasteiger partial charge in [0.05, 0.1) is 0 Å². The van der Waals surface area contributed by atoms with Crippen molar-refractivity contribution in [3.63, 3.8) is 0 Å². The van der Waals surface area contributed by atoms with E-state index in [-0.39, 0.29) is 11.9 Å². The van der Waals surface area contributed by atoms with Gasteiger partial charge >= 0.3 is 0 Å². The van der Waals surface area contributed by atoms with Gasteiger partial charge in [-0.05, 0) is 37.0 Å². The summed E-state index contributed by atoms with van der Waals surface area (Å²) in [7, 11) is 0.